The summed E-state index contributed by atoms with van der Waals surface area (Å²) in [5, 5.41) is 9.15. The van der Waals surface area contributed by atoms with Crippen LogP contribution in [0.5, 0.6) is 11.5 Å². The second-order valence-corrected chi connectivity index (χ2v) is 4.25. The van der Waals surface area contributed by atoms with Gasteiger partial charge in [-0.2, -0.15) is 0 Å². The molecule has 0 saturated heterocycles. The van der Waals surface area contributed by atoms with Crippen molar-refractivity contribution < 1.29 is 9.84 Å². The van der Waals surface area contributed by atoms with Crippen molar-refractivity contribution in [3.63, 3.8) is 0 Å². The topological polar surface area (TPSA) is 55.5 Å². The van der Waals surface area contributed by atoms with E-state index in [0.717, 1.165) is 12.2 Å². The molecule has 0 aromatic heterocycles. The SMILES string of the molecule is NC(COc1ccc(O)cc1)Cc1ccccc1. The van der Waals surface area contributed by atoms with Crippen LogP contribution < -0.4 is 10.5 Å². The van der Waals surface area contributed by atoms with Gasteiger partial charge in [0.15, 0.2) is 0 Å². The molecule has 0 aliphatic heterocycles. The summed E-state index contributed by atoms with van der Waals surface area (Å²) in [5.41, 5.74) is 7.22. The smallest absolute Gasteiger partial charge is 0.119 e. The summed E-state index contributed by atoms with van der Waals surface area (Å²) >= 11 is 0. The summed E-state index contributed by atoms with van der Waals surface area (Å²) in [5.74, 6) is 0.951. The number of phenolic OH excluding ortho intramolecular Hbond substituents is 1. The molecule has 0 aliphatic carbocycles. The Morgan fingerprint density at radius 2 is 1.67 bits per heavy atom. The molecule has 0 bridgehead atoms. The maximum absolute atomic E-state index is 9.15. The minimum absolute atomic E-state index is 0.0406. The van der Waals surface area contributed by atoms with Crippen LogP contribution in [-0.4, -0.2) is 17.8 Å². The van der Waals surface area contributed by atoms with E-state index in [4.69, 9.17) is 15.6 Å². The van der Waals surface area contributed by atoms with Gasteiger partial charge in [-0.3, -0.25) is 0 Å². The lowest BCUT2D eigenvalue weighted by molar-refractivity contribution is 0.287. The third kappa shape index (κ3) is 3.79. The first-order valence-electron chi connectivity index (χ1n) is 5.95. The van der Waals surface area contributed by atoms with Crippen LogP contribution in [0.4, 0.5) is 0 Å². The quantitative estimate of drug-likeness (QED) is 0.847. The van der Waals surface area contributed by atoms with Crippen LogP contribution in [0.25, 0.3) is 0 Å². The zero-order valence-corrected chi connectivity index (χ0v) is 10.1. The van der Waals surface area contributed by atoms with Gasteiger partial charge in [0.1, 0.15) is 18.1 Å². The molecule has 94 valence electrons. The molecule has 0 fully saturated rings. The molecule has 3 heteroatoms. The highest BCUT2D eigenvalue weighted by Gasteiger charge is 2.05. The molecular weight excluding hydrogens is 226 g/mol. The number of benzene rings is 2. The Balaban J connectivity index is 1.81. The van der Waals surface area contributed by atoms with Gasteiger partial charge in [0, 0.05) is 6.04 Å². The van der Waals surface area contributed by atoms with Gasteiger partial charge >= 0.3 is 0 Å². The van der Waals surface area contributed by atoms with Crippen molar-refractivity contribution in [1.82, 2.24) is 0 Å². The van der Waals surface area contributed by atoms with Gasteiger partial charge in [-0.1, -0.05) is 30.3 Å². The van der Waals surface area contributed by atoms with Gasteiger partial charge in [-0.25, -0.2) is 0 Å². The predicted octanol–water partition coefficient (Wildman–Crippen LogP) is 2.34. The predicted molar refractivity (Wildman–Crippen MR) is 71.7 cm³/mol. The Labute approximate surface area is 107 Å². The Morgan fingerprint density at radius 1 is 1.00 bits per heavy atom. The number of ether oxygens (including phenoxy) is 1. The summed E-state index contributed by atoms with van der Waals surface area (Å²) in [6.45, 7) is 0.458. The third-order valence-corrected chi connectivity index (χ3v) is 2.64. The standard InChI is InChI=1S/C15H17NO2/c16-13(10-12-4-2-1-3-5-12)11-18-15-8-6-14(17)7-9-15/h1-9,13,17H,10-11,16H2. The van der Waals surface area contributed by atoms with E-state index in [1.165, 1.54) is 5.56 Å². The number of aromatic hydroxyl groups is 1. The van der Waals surface area contributed by atoms with Crippen LogP contribution in [0.2, 0.25) is 0 Å². The highest BCUT2D eigenvalue weighted by atomic mass is 16.5. The van der Waals surface area contributed by atoms with Crippen molar-refractivity contribution in [2.24, 2.45) is 5.73 Å². The van der Waals surface area contributed by atoms with Crippen LogP contribution in [0.1, 0.15) is 5.56 Å². The molecule has 2 aromatic carbocycles. The highest BCUT2D eigenvalue weighted by Crippen LogP contribution is 2.16. The van der Waals surface area contributed by atoms with Crippen LogP contribution >= 0.6 is 0 Å². The van der Waals surface area contributed by atoms with Crippen molar-refractivity contribution in [3.8, 4) is 11.5 Å². The van der Waals surface area contributed by atoms with E-state index < -0.39 is 0 Å². The van der Waals surface area contributed by atoms with E-state index in [0.29, 0.717) is 6.61 Å². The lowest BCUT2D eigenvalue weighted by atomic mass is 10.1. The maximum Gasteiger partial charge on any atom is 0.119 e. The molecule has 0 heterocycles. The first-order chi connectivity index (χ1) is 8.74. The van der Waals surface area contributed by atoms with E-state index in [9.17, 15) is 0 Å². The molecule has 1 atom stereocenters. The third-order valence-electron chi connectivity index (χ3n) is 2.64. The average molecular weight is 243 g/mol. The molecule has 2 aromatic rings. The number of rotatable bonds is 5. The molecule has 3 nitrogen and oxygen atoms in total. The molecular formula is C15H17NO2. The second kappa shape index (κ2) is 6.07. The van der Waals surface area contributed by atoms with Gasteiger partial charge < -0.3 is 15.6 Å². The van der Waals surface area contributed by atoms with Crippen molar-refractivity contribution in [3.05, 3.63) is 60.2 Å². The lowest BCUT2D eigenvalue weighted by Gasteiger charge is -2.13. The van der Waals surface area contributed by atoms with E-state index in [1.54, 1.807) is 24.3 Å². The van der Waals surface area contributed by atoms with E-state index in [2.05, 4.69) is 12.1 Å². The first-order valence-corrected chi connectivity index (χ1v) is 5.95. The van der Waals surface area contributed by atoms with Gasteiger partial charge in [0.05, 0.1) is 0 Å². The van der Waals surface area contributed by atoms with E-state index >= 15 is 0 Å². The van der Waals surface area contributed by atoms with Crippen molar-refractivity contribution >= 4 is 0 Å². The number of nitrogens with two attached hydrogens (primary N) is 1. The largest absolute Gasteiger partial charge is 0.508 e. The van der Waals surface area contributed by atoms with Crippen molar-refractivity contribution in [2.45, 2.75) is 12.5 Å². The normalized spacial score (nSPS) is 12.1. The zero-order valence-electron chi connectivity index (χ0n) is 10.1. The fourth-order valence-corrected chi connectivity index (χ4v) is 1.72. The molecule has 1 unspecified atom stereocenters. The van der Waals surface area contributed by atoms with Crippen LogP contribution in [0.3, 0.4) is 0 Å². The van der Waals surface area contributed by atoms with E-state index in [1.807, 2.05) is 18.2 Å². The Kier molecular flexibility index (Phi) is 4.20. The lowest BCUT2D eigenvalue weighted by Crippen LogP contribution is -2.30. The van der Waals surface area contributed by atoms with Crippen LogP contribution in [0.15, 0.2) is 54.6 Å². The van der Waals surface area contributed by atoms with Crippen molar-refractivity contribution in [2.75, 3.05) is 6.61 Å². The Morgan fingerprint density at radius 3 is 2.33 bits per heavy atom. The molecule has 0 aliphatic rings. The fraction of sp³-hybridized carbons (Fsp3) is 0.200. The summed E-state index contributed by atoms with van der Waals surface area (Å²) in [6.07, 6.45) is 0.791. The number of hydrogen-bond donors (Lipinski definition) is 2. The highest BCUT2D eigenvalue weighted by molar-refractivity contribution is 5.30. The molecule has 0 radical (unpaired) electrons. The molecule has 0 amide bonds. The zero-order chi connectivity index (χ0) is 12.8. The Hall–Kier alpha value is -2.00. The van der Waals surface area contributed by atoms with Gasteiger partial charge in [-0.05, 0) is 36.2 Å². The molecule has 0 saturated carbocycles. The summed E-state index contributed by atoms with van der Waals surface area (Å²) in [6, 6.07) is 16.7. The molecule has 3 N–H and O–H groups in total. The summed E-state index contributed by atoms with van der Waals surface area (Å²) in [4.78, 5) is 0. The van der Waals surface area contributed by atoms with Gasteiger partial charge in [0.2, 0.25) is 0 Å². The monoisotopic (exact) mass is 243 g/mol. The van der Waals surface area contributed by atoms with E-state index in [-0.39, 0.29) is 11.8 Å². The fourth-order valence-electron chi connectivity index (χ4n) is 1.72. The minimum atomic E-state index is -0.0406. The molecule has 2 rings (SSSR count). The molecule has 0 spiro atoms. The first kappa shape index (κ1) is 12.5. The van der Waals surface area contributed by atoms with Crippen LogP contribution in [-0.2, 0) is 6.42 Å². The van der Waals surface area contributed by atoms with Gasteiger partial charge in [-0.15, -0.1) is 0 Å². The maximum atomic E-state index is 9.15. The van der Waals surface area contributed by atoms with Gasteiger partial charge in [0.25, 0.3) is 0 Å². The molecule has 18 heavy (non-hydrogen) atoms. The minimum Gasteiger partial charge on any atom is -0.508 e. The number of phenols is 1. The Bertz CT molecular complexity index is 468. The van der Waals surface area contributed by atoms with Crippen LogP contribution in [0, 0.1) is 0 Å². The van der Waals surface area contributed by atoms with Crippen molar-refractivity contribution in [1.29, 1.82) is 0 Å². The number of hydrogen-bond acceptors (Lipinski definition) is 3. The second-order valence-electron chi connectivity index (χ2n) is 4.25. The summed E-state index contributed by atoms with van der Waals surface area (Å²) < 4.78 is 5.56. The average Bonchev–Trinajstić information content (AvgIpc) is 2.39. The summed E-state index contributed by atoms with van der Waals surface area (Å²) in [7, 11) is 0.